The highest BCUT2D eigenvalue weighted by molar-refractivity contribution is 5.86. The summed E-state index contributed by atoms with van der Waals surface area (Å²) in [4.78, 5) is 22.9. The van der Waals surface area contributed by atoms with Crippen LogP contribution in [0.4, 0.5) is 4.79 Å². The molecule has 128 valence electrons. The lowest BCUT2D eigenvalue weighted by molar-refractivity contribution is -0.142. The number of amides is 1. The van der Waals surface area contributed by atoms with Crippen LogP contribution in [0.25, 0.3) is 0 Å². The predicted molar refractivity (Wildman–Crippen MR) is 87.7 cm³/mol. The standard InChI is InChI=1S/C17H31NO4/c1-5-7-8-9-10-11-12-18-17(20)22-15(6-2)13-21-16(19)14(3)4/h15H,3,5-13H2,1-2,4H3,(H,18,20). The van der Waals surface area contributed by atoms with Gasteiger partial charge in [0.2, 0.25) is 0 Å². The Hall–Kier alpha value is -1.52. The maximum absolute atomic E-state index is 11.6. The molecule has 0 aliphatic rings. The van der Waals surface area contributed by atoms with Gasteiger partial charge in [-0.3, -0.25) is 0 Å². The summed E-state index contributed by atoms with van der Waals surface area (Å²) < 4.78 is 10.2. The van der Waals surface area contributed by atoms with Crippen LogP contribution in [0.15, 0.2) is 12.2 Å². The molecular formula is C17H31NO4. The van der Waals surface area contributed by atoms with E-state index in [2.05, 4.69) is 18.8 Å². The van der Waals surface area contributed by atoms with Crippen molar-refractivity contribution < 1.29 is 19.1 Å². The Morgan fingerprint density at radius 2 is 1.73 bits per heavy atom. The van der Waals surface area contributed by atoms with Crippen molar-refractivity contribution in [2.45, 2.75) is 71.8 Å². The fourth-order valence-corrected chi connectivity index (χ4v) is 1.82. The van der Waals surface area contributed by atoms with Gasteiger partial charge in [0.15, 0.2) is 0 Å². The second kappa shape index (κ2) is 13.2. The zero-order valence-electron chi connectivity index (χ0n) is 14.3. The van der Waals surface area contributed by atoms with Gasteiger partial charge in [-0.25, -0.2) is 9.59 Å². The highest BCUT2D eigenvalue weighted by Crippen LogP contribution is 2.05. The van der Waals surface area contributed by atoms with Gasteiger partial charge >= 0.3 is 12.1 Å². The monoisotopic (exact) mass is 313 g/mol. The van der Waals surface area contributed by atoms with E-state index < -0.39 is 18.2 Å². The molecule has 0 heterocycles. The lowest BCUT2D eigenvalue weighted by atomic mass is 10.1. The number of hydrogen-bond donors (Lipinski definition) is 1. The van der Waals surface area contributed by atoms with Crippen LogP contribution in [0.2, 0.25) is 0 Å². The topological polar surface area (TPSA) is 64.6 Å². The molecule has 1 atom stereocenters. The van der Waals surface area contributed by atoms with Gasteiger partial charge in [0, 0.05) is 12.1 Å². The third-order valence-electron chi connectivity index (χ3n) is 3.28. The molecule has 0 saturated heterocycles. The van der Waals surface area contributed by atoms with E-state index >= 15 is 0 Å². The minimum Gasteiger partial charge on any atom is -0.458 e. The number of hydrogen-bond acceptors (Lipinski definition) is 4. The molecule has 1 unspecified atom stereocenters. The van der Waals surface area contributed by atoms with E-state index in [1.807, 2.05) is 6.92 Å². The number of nitrogens with one attached hydrogen (secondary N) is 1. The van der Waals surface area contributed by atoms with E-state index in [9.17, 15) is 9.59 Å². The van der Waals surface area contributed by atoms with E-state index in [4.69, 9.17) is 9.47 Å². The van der Waals surface area contributed by atoms with E-state index in [0.29, 0.717) is 18.5 Å². The third-order valence-corrected chi connectivity index (χ3v) is 3.28. The Morgan fingerprint density at radius 3 is 2.32 bits per heavy atom. The summed E-state index contributed by atoms with van der Waals surface area (Å²) in [5, 5.41) is 2.73. The number of ether oxygens (including phenoxy) is 2. The quantitative estimate of drug-likeness (QED) is 0.336. The molecule has 0 aliphatic heterocycles. The summed E-state index contributed by atoms with van der Waals surface area (Å²) in [5.74, 6) is -0.463. The van der Waals surface area contributed by atoms with Gasteiger partial charge in [-0.05, 0) is 19.8 Å². The number of carbonyl (C=O) groups is 2. The molecule has 0 radical (unpaired) electrons. The van der Waals surface area contributed by atoms with Crippen molar-refractivity contribution >= 4 is 12.1 Å². The first-order valence-electron chi connectivity index (χ1n) is 8.28. The molecule has 0 aliphatic carbocycles. The normalized spacial score (nSPS) is 11.6. The van der Waals surface area contributed by atoms with E-state index in [0.717, 1.165) is 12.8 Å². The highest BCUT2D eigenvalue weighted by atomic mass is 16.6. The fourth-order valence-electron chi connectivity index (χ4n) is 1.82. The molecule has 1 amide bonds. The van der Waals surface area contributed by atoms with Gasteiger partial charge in [0.05, 0.1) is 0 Å². The van der Waals surface area contributed by atoms with Crippen molar-refractivity contribution in [1.82, 2.24) is 5.32 Å². The van der Waals surface area contributed by atoms with E-state index in [1.54, 1.807) is 6.92 Å². The van der Waals surface area contributed by atoms with Crippen molar-refractivity contribution in [2.24, 2.45) is 0 Å². The van der Waals surface area contributed by atoms with Crippen LogP contribution in [0.5, 0.6) is 0 Å². The SMILES string of the molecule is C=C(C)C(=O)OCC(CC)OC(=O)NCCCCCCCC. The first-order valence-corrected chi connectivity index (χ1v) is 8.28. The number of alkyl carbamates (subject to hydrolysis) is 1. The molecular weight excluding hydrogens is 282 g/mol. The molecule has 0 aromatic heterocycles. The Balaban J connectivity index is 3.73. The van der Waals surface area contributed by atoms with Crippen LogP contribution in [0, 0.1) is 0 Å². The summed E-state index contributed by atoms with van der Waals surface area (Å²) in [6.45, 7) is 9.83. The van der Waals surface area contributed by atoms with Crippen LogP contribution in [0.1, 0.15) is 65.7 Å². The molecule has 0 saturated carbocycles. The van der Waals surface area contributed by atoms with Gasteiger partial charge < -0.3 is 14.8 Å². The zero-order valence-corrected chi connectivity index (χ0v) is 14.3. The summed E-state index contributed by atoms with van der Waals surface area (Å²) in [6, 6.07) is 0. The second-order valence-corrected chi connectivity index (χ2v) is 5.51. The first-order chi connectivity index (χ1) is 10.5. The largest absolute Gasteiger partial charge is 0.458 e. The number of carbonyl (C=O) groups excluding carboxylic acids is 2. The number of rotatable bonds is 12. The summed E-state index contributed by atoms with van der Waals surface area (Å²) in [5.41, 5.74) is 0.336. The summed E-state index contributed by atoms with van der Waals surface area (Å²) in [7, 11) is 0. The first kappa shape index (κ1) is 20.5. The zero-order chi connectivity index (χ0) is 16.8. The van der Waals surface area contributed by atoms with Crippen LogP contribution in [-0.2, 0) is 14.3 Å². The Morgan fingerprint density at radius 1 is 1.09 bits per heavy atom. The minimum atomic E-state index is -0.463. The maximum Gasteiger partial charge on any atom is 0.407 e. The van der Waals surface area contributed by atoms with Crippen molar-refractivity contribution in [3.63, 3.8) is 0 Å². The molecule has 0 aromatic rings. The summed E-state index contributed by atoms with van der Waals surface area (Å²) in [6.07, 6.45) is 6.77. The summed E-state index contributed by atoms with van der Waals surface area (Å²) >= 11 is 0. The van der Waals surface area contributed by atoms with Crippen LogP contribution in [0.3, 0.4) is 0 Å². The Bertz CT molecular complexity index is 342. The van der Waals surface area contributed by atoms with E-state index in [1.165, 1.54) is 25.7 Å². The molecule has 5 heteroatoms. The van der Waals surface area contributed by atoms with Gasteiger partial charge in [0.1, 0.15) is 12.7 Å². The fraction of sp³-hybridized carbons (Fsp3) is 0.765. The van der Waals surface area contributed by atoms with Crippen molar-refractivity contribution in [3.05, 3.63) is 12.2 Å². The number of esters is 1. The van der Waals surface area contributed by atoms with E-state index in [-0.39, 0.29) is 6.61 Å². The van der Waals surface area contributed by atoms with Gasteiger partial charge in [-0.1, -0.05) is 52.5 Å². The lowest BCUT2D eigenvalue weighted by Gasteiger charge is -2.16. The minimum absolute atomic E-state index is 0.0621. The predicted octanol–water partition coefficient (Wildman–Crippen LogP) is 3.97. The number of unbranched alkanes of at least 4 members (excludes halogenated alkanes) is 5. The highest BCUT2D eigenvalue weighted by Gasteiger charge is 2.15. The van der Waals surface area contributed by atoms with Crippen LogP contribution in [-0.4, -0.2) is 31.3 Å². The average Bonchev–Trinajstić information content (AvgIpc) is 2.49. The lowest BCUT2D eigenvalue weighted by Crippen LogP contribution is -2.32. The Labute approximate surface area is 134 Å². The third kappa shape index (κ3) is 11.2. The van der Waals surface area contributed by atoms with Crippen LogP contribution < -0.4 is 5.32 Å². The molecule has 0 rings (SSSR count). The molecule has 5 nitrogen and oxygen atoms in total. The second-order valence-electron chi connectivity index (χ2n) is 5.51. The molecule has 0 fully saturated rings. The average molecular weight is 313 g/mol. The molecule has 0 aromatic carbocycles. The van der Waals surface area contributed by atoms with Crippen molar-refractivity contribution in [1.29, 1.82) is 0 Å². The Kier molecular flexibility index (Phi) is 12.3. The van der Waals surface area contributed by atoms with Crippen LogP contribution >= 0.6 is 0 Å². The molecule has 1 N–H and O–H groups in total. The van der Waals surface area contributed by atoms with Gasteiger partial charge in [0.25, 0.3) is 0 Å². The smallest absolute Gasteiger partial charge is 0.407 e. The van der Waals surface area contributed by atoms with Gasteiger partial charge in [-0.15, -0.1) is 0 Å². The van der Waals surface area contributed by atoms with Crippen molar-refractivity contribution in [2.75, 3.05) is 13.2 Å². The molecule has 0 bridgehead atoms. The maximum atomic E-state index is 11.6. The molecule has 0 spiro atoms. The molecule has 22 heavy (non-hydrogen) atoms. The van der Waals surface area contributed by atoms with Crippen molar-refractivity contribution in [3.8, 4) is 0 Å². The van der Waals surface area contributed by atoms with Gasteiger partial charge in [-0.2, -0.15) is 0 Å².